The number of carbonyl (C=O) groups is 1. The lowest BCUT2D eigenvalue weighted by atomic mass is 10.0. The quantitative estimate of drug-likeness (QED) is 0.919. The summed E-state index contributed by atoms with van der Waals surface area (Å²) in [7, 11) is -3.48. The van der Waals surface area contributed by atoms with Gasteiger partial charge in [0.25, 0.3) is 0 Å². The van der Waals surface area contributed by atoms with Crippen molar-refractivity contribution in [3.05, 3.63) is 24.0 Å². The largest absolute Gasteiger partial charge is 0.480 e. The fourth-order valence-electron chi connectivity index (χ4n) is 2.43. The molecule has 2 rings (SSSR count). The lowest BCUT2D eigenvalue weighted by Crippen LogP contribution is -2.45. The summed E-state index contributed by atoms with van der Waals surface area (Å²) in [6.07, 6.45) is 3.04. The van der Waals surface area contributed by atoms with Gasteiger partial charge in [0.15, 0.2) is 9.84 Å². The Labute approximate surface area is 116 Å². The number of rotatable bonds is 3. The Morgan fingerprint density at radius 3 is 2.65 bits per heavy atom. The zero-order valence-corrected chi connectivity index (χ0v) is 11.9. The normalized spacial score (nSPS) is 19.9. The summed E-state index contributed by atoms with van der Waals surface area (Å²) >= 11 is 0. The molecule has 5 nitrogen and oxygen atoms in total. The third-order valence-corrected chi connectivity index (χ3v) is 4.55. The summed E-state index contributed by atoms with van der Waals surface area (Å²) in [4.78, 5) is 12.6. The zero-order valence-electron chi connectivity index (χ0n) is 11.0. The Hall–Kier alpha value is -1.63. The standard InChI is InChI=1S/C13H16FNO4S/c1-20(18,19)9-5-6-11(10(14)8-9)15-7-3-2-4-12(15)13(16)17/h5-6,8,12H,2-4,7H2,1H3,(H,16,17)/t12-/m1/s1. The molecule has 1 fully saturated rings. The molecule has 1 aliphatic heterocycles. The highest BCUT2D eigenvalue weighted by atomic mass is 32.2. The summed E-state index contributed by atoms with van der Waals surface area (Å²) in [5.74, 6) is -1.70. The van der Waals surface area contributed by atoms with Gasteiger partial charge in [-0.25, -0.2) is 17.6 Å². The fourth-order valence-corrected chi connectivity index (χ4v) is 3.06. The van der Waals surface area contributed by atoms with Gasteiger partial charge in [-0.1, -0.05) is 0 Å². The highest BCUT2D eigenvalue weighted by Crippen LogP contribution is 2.29. The molecular formula is C13H16FNO4S. The highest BCUT2D eigenvalue weighted by molar-refractivity contribution is 7.90. The molecule has 0 bridgehead atoms. The average Bonchev–Trinajstić information content (AvgIpc) is 2.37. The van der Waals surface area contributed by atoms with Crippen molar-refractivity contribution in [1.82, 2.24) is 0 Å². The molecular weight excluding hydrogens is 285 g/mol. The Kier molecular flexibility index (Phi) is 3.99. The van der Waals surface area contributed by atoms with Crippen LogP contribution in [0.5, 0.6) is 0 Å². The number of carboxylic acids is 1. The lowest BCUT2D eigenvalue weighted by Gasteiger charge is -2.35. The van der Waals surface area contributed by atoms with Crippen LogP contribution in [0, 0.1) is 5.82 Å². The van der Waals surface area contributed by atoms with E-state index in [0.717, 1.165) is 25.2 Å². The Balaban J connectivity index is 2.39. The van der Waals surface area contributed by atoms with Gasteiger partial charge in [0.1, 0.15) is 11.9 Å². The maximum absolute atomic E-state index is 14.1. The average molecular weight is 301 g/mol. The van der Waals surface area contributed by atoms with Gasteiger partial charge in [-0.15, -0.1) is 0 Å². The van der Waals surface area contributed by atoms with Crippen molar-refractivity contribution in [2.24, 2.45) is 0 Å². The Morgan fingerprint density at radius 2 is 2.10 bits per heavy atom. The topological polar surface area (TPSA) is 74.7 Å². The summed E-state index contributed by atoms with van der Waals surface area (Å²) in [5.41, 5.74) is 0.143. The van der Waals surface area contributed by atoms with Crippen LogP contribution in [0.2, 0.25) is 0 Å². The van der Waals surface area contributed by atoms with Crippen molar-refractivity contribution in [2.75, 3.05) is 17.7 Å². The van der Waals surface area contributed by atoms with E-state index in [1.807, 2.05) is 0 Å². The second-order valence-corrected chi connectivity index (χ2v) is 6.94. The molecule has 1 aromatic carbocycles. The van der Waals surface area contributed by atoms with Gasteiger partial charge in [-0.3, -0.25) is 0 Å². The molecule has 0 amide bonds. The van der Waals surface area contributed by atoms with Crippen LogP contribution in [0.15, 0.2) is 23.1 Å². The predicted molar refractivity (Wildman–Crippen MR) is 72.1 cm³/mol. The molecule has 1 heterocycles. The first kappa shape index (κ1) is 14.8. The molecule has 1 aromatic rings. The third kappa shape index (κ3) is 2.92. The molecule has 0 spiro atoms. The monoisotopic (exact) mass is 301 g/mol. The SMILES string of the molecule is CS(=O)(=O)c1ccc(N2CCCC[C@@H]2C(=O)O)c(F)c1. The first-order chi connectivity index (χ1) is 9.30. The number of carboxylic acid groups (broad SMARTS) is 1. The first-order valence-corrected chi connectivity index (χ1v) is 8.19. The van der Waals surface area contributed by atoms with E-state index in [0.29, 0.717) is 13.0 Å². The van der Waals surface area contributed by atoms with E-state index in [1.165, 1.54) is 17.0 Å². The number of benzene rings is 1. The van der Waals surface area contributed by atoms with Gasteiger partial charge in [0.2, 0.25) is 0 Å². The highest BCUT2D eigenvalue weighted by Gasteiger charge is 2.30. The van der Waals surface area contributed by atoms with Crippen molar-refractivity contribution in [1.29, 1.82) is 0 Å². The van der Waals surface area contributed by atoms with Gasteiger partial charge >= 0.3 is 5.97 Å². The Morgan fingerprint density at radius 1 is 1.40 bits per heavy atom. The second-order valence-electron chi connectivity index (χ2n) is 4.93. The molecule has 0 saturated carbocycles. The van der Waals surface area contributed by atoms with E-state index in [1.54, 1.807) is 0 Å². The number of anilines is 1. The molecule has 0 radical (unpaired) electrons. The first-order valence-electron chi connectivity index (χ1n) is 6.30. The van der Waals surface area contributed by atoms with Crippen LogP contribution in [0.1, 0.15) is 19.3 Å². The van der Waals surface area contributed by atoms with Crippen LogP contribution in [0.3, 0.4) is 0 Å². The predicted octanol–water partition coefficient (Wildman–Crippen LogP) is 1.67. The minimum atomic E-state index is -3.48. The fraction of sp³-hybridized carbons (Fsp3) is 0.462. The van der Waals surface area contributed by atoms with Gasteiger partial charge in [0, 0.05) is 12.8 Å². The van der Waals surface area contributed by atoms with E-state index < -0.39 is 27.7 Å². The van der Waals surface area contributed by atoms with E-state index >= 15 is 0 Å². The minimum Gasteiger partial charge on any atom is -0.480 e. The van der Waals surface area contributed by atoms with Crippen molar-refractivity contribution in [3.63, 3.8) is 0 Å². The molecule has 1 atom stereocenters. The Bertz CT molecular complexity index is 629. The van der Waals surface area contributed by atoms with Gasteiger partial charge in [0.05, 0.1) is 10.6 Å². The number of hydrogen-bond acceptors (Lipinski definition) is 4. The van der Waals surface area contributed by atoms with E-state index in [2.05, 4.69) is 0 Å². The van der Waals surface area contributed by atoms with Crippen LogP contribution in [-0.4, -0.2) is 38.3 Å². The van der Waals surface area contributed by atoms with Gasteiger partial charge < -0.3 is 10.0 Å². The molecule has 0 aromatic heterocycles. The van der Waals surface area contributed by atoms with Crippen LogP contribution in [-0.2, 0) is 14.6 Å². The van der Waals surface area contributed by atoms with Crippen molar-refractivity contribution < 1.29 is 22.7 Å². The van der Waals surface area contributed by atoms with Crippen molar-refractivity contribution in [2.45, 2.75) is 30.2 Å². The summed E-state index contributed by atoms with van der Waals surface area (Å²) in [6.45, 7) is 0.451. The zero-order chi connectivity index (χ0) is 14.9. The summed E-state index contributed by atoms with van der Waals surface area (Å²) in [5, 5.41) is 9.18. The summed E-state index contributed by atoms with van der Waals surface area (Å²) < 4.78 is 36.8. The molecule has 7 heteroatoms. The van der Waals surface area contributed by atoms with Gasteiger partial charge in [-0.05, 0) is 37.5 Å². The molecule has 1 aliphatic rings. The molecule has 20 heavy (non-hydrogen) atoms. The number of halogens is 1. The van der Waals surface area contributed by atoms with Crippen LogP contribution < -0.4 is 4.90 Å². The van der Waals surface area contributed by atoms with Crippen LogP contribution in [0.4, 0.5) is 10.1 Å². The number of piperidine rings is 1. The van der Waals surface area contributed by atoms with E-state index in [-0.39, 0.29) is 10.6 Å². The molecule has 0 unspecified atom stereocenters. The lowest BCUT2D eigenvalue weighted by molar-refractivity contribution is -0.139. The van der Waals surface area contributed by atoms with E-state index in [9.17, 15) is 22.7 Å². The second kappa shape index (κ2) is 5.40. The van der Waals surface area contributed by atoms with Crippen molar-refractivity contribution >= 4 is 21.5 Å². The van der Waals surface area contributed by atoms with Crippen molar-refractivity contribution in [3.8, 4) is 0 Å². The molecule has 1 saturated heterocycles. The maximum atomic E-state index is 14.1. The number of nitrogens with zero attached hydrogens (tertiary/aromatic N) is 1. The molecule has 1 N–H and O–H groups in total. The smallest absolute Gasteiger partial charge is 0.326 e. The molecule has 0 aliphatic carbocycles. The maximum Gasteiger partial charge on any atom is 0.326 e. The van der Waals surface area contributed by atoms with Crippen LogP contribution in [0.25, 0.3) is 0 Å². The minimum absolute atomic E-state index is 0.109. The van der Waals surface area contributed by atoms with E-state index in [4.69, 9.17) is 0 Å². The number of sulfone groups is 1. The van der Waals surface area contributed by atoms with Gasteiger partial charge in [-0.2, -0.15) is 0 Å². The molecule has 110 valence electrons. The van der Waals surface area contributed by atoms with Crippen LogP contribution >= 0.6 is 0 Å². The summed E-state index contributed by atoms with van der Waals surface area (Å²) in [6, 6.07) is 2.83. The third-order valence-electron chi connectivity index (χ3n) is 3.44. The number of aliphatic carboxylic acids is 1. The number of hydrogen-bond donors (Lipinski definition) is 1.